The molecule has 10 heteroatoms. The number of aryl methyl sites for hydroxylation is 1. The number of aliphatic hydroxyl groups excluding tert-OH is 1. The van der Waals surface area contributed by atoms with E-state index in [1.165, 1.54) is 16.9 Å². The predicted molar refractivity (Wildman–Crippen MR) is 118 cm³/mol. The van der Waals surface area contributed by atoms with Gasteiger partial charge in [0.05, 0.1) is 35.8 Å². The second kappa shape index (κ2) is 8.37. The third kappa shape index (κ3) is 3.74. The Hall–Kier alpha value is -3.42. The number of halogens is 1. The van der Waals surface area contributed by atoms with E-state index in [0.29, 0.717) is 42.2 Å². The lowest BCUT2D eigenvalue weighted by atomic mass is 10.1. The maximum Gasteiger partial charge on any atom is 0.228 e. The van der Waals surface area contributed by atoms with E-state index in [1.54, 1.807) is 19.4 Å². The summed E-state index contributed by atoms with van der Waals surface area (Å²) in [6, 6.07) is 8.22. The molecule has 0 saturated carbocycles. The molecule has 0 atom stereocenters. The molecule has 4 rings (SSSR count). The quantitative estimate of drug-likeness (QED) is 0.351. The molecule has 2 N–H and O–H groups in total. The first-order valence-electron chi connectivity index (χ1n) is 9.80. The smallest absolute Gasteiger partial charge is 0.228 e. The van der Waals surface area contributed by atoms with Crippen molar-refractivity contribution in [2.24, 2.45) is 7.05 Å². The predicted octanol–water partition coefficient (Wildman–Crippen LogP) is 1.70. The van der Waals surface area contributed by atoms with Crippen LogP contribution in [-0.2, 0) is 13.6 Å². The SMILES string of the molecule is [B]N(C)c1nc2c(cc(-c3cc(F)cc(C#N)c3)n2CCNCCO)c2c1ncn2C. The lowest BCUT2D eigenvalue weighted by molar-refractivity contribution is 0.291. The van der Waals surface area contributed by atoms with Crippen molar-refractivity contribution < 1.29 is 9.50 Å². The number of aromatic nitrogens is 4. The van der Waals surface area contributed by atoms with Crippen molar-refractivity contribution >= 4 is 35.9 Å². The molecule has 0 aliphatic carbocycles. The molecule has 31 heavy (non-hydrogen) atoms. The summed E-state index contributed by atoms with van der Waals surface area (Å²) in [5.41, 5.74) is 3.74. The molecule has 0 aliphatic rings. The largest absolute Gasteiger partial charge is 0.411 e. The highest BCUT2D eigenvalue weighted by atomic mass is 19.1. The average molecular weight is 417 g/mol. The second-order valence-electron chi connectivity index (χ2n) is 7.33. The zero-order valence-electron chi connectivity index (χ0n) is 17.3. The normalized spacial score (nSPS) is 11.3. The number of hydrogen-bond donors (Lipinski definition) is 2. The molecule has 0 fully saturated rings. The third-order valence-electron chi connectivity index (χ3n) is 5.14. The van der Waals surface area contributed by atoms with Crippen molar-refractivity contribution in [2.75, 3.05) is 31.6 Å². The topological polar surface area (TPSA) is 94.9 Å². The Morgan fingerprint density at radius 2 is 2.10 bits per heavy atom. The molecule has 4 aromatic rings. The first kappa shape index (κ1) is 20.8. The van der Waals surface area contributed by atoms with Crippen LogP contribution in [0.1, 0.15) is 5.56 Å². The summed E-state index contributed by atoms with van der Waals surface area (Å²) < 4.78 is 18.1. The number of pyridine rings is 1. The monoisotopic (exact) mass is 417 g/mol. The molecule has 0 amide bonds. The Morgan fingerprint density at radius 3 is 2.81 bits per heavy atom. The van der Waals surface area contributed by atoms with E-state index in [0.717, 1.165) is 16.6 Å². The van der Waals surface area contributed by atoms with Gasteiger partial charge in [-0.3, -0.25) is 0 Å². The van der Waals surface area contributed by atoms with Gasteiger partial charge in [-0.1, -0.05) is 0 Å². The van der Waals surface area contributed by atoms with Gasteiger partial charge in [-0.15, -0.1) is 0 Å². The molecule has 2 radical (unpaired) electrons. The first-order valence-corrected chi connectivity index (χ1v) is 9.80. The van der Waals surface area contributed by atoms with Gasteiger partial charge in [-0.05, 0) is 31.3 Å². The molecule has 0 unspecified atom stereocenters. The van der Waals surface area contributed by atoms with Crippen LogP contribution in [0.15, 0.2) is 30.6 Å². The molecule has 3 heterocycles. The van der Waals surface area contributed by atoms with E-state index in [2.05, 4.69) is 10.3 Å². The van der Waals surface area contributed by atoms with Crippen LogP contribution in [0.25, 0.3) is 33.3 Å². The summed E-state index contributed by atoms with van der Waals surface area (Å²) in [6.07, 6.45) is 1.70. The third-order valence-corrected chi connectivity index (χ3v) is 5.14. The van der Waals surface area contributed by atoms with E-state index < -0.39 is 5.82 Å². The summed E-state index contributed by atoms with van der Waals surface area (Å²) in [5.74, 6) is 0.0413. The van der Waals surface area contributed by atoms with Gasteiger partial charge in [-0.2, -0.15) is 5.26 Å². The van der Waals surface area contributed by atoms with Gasteiger partial charge in [0.2, 0.25) is 7.98 Å². The van der Waals surface area contributed by atoms with Crippen LogP contribution >= 0.6 is 0 Å². The molecule has 0 bridgehead atoms. The maximum absolute atomic E-state index is 14.2. The van der Waals surface area contributed by atoms with Gasteiger partial charge in [0.1, 0.15) is 22.8 Å². The van der Waals surface area contributed by atoms with Crippen molar-refractivity contribution in [2.45, 2.75) is 6.54 Å². The molecule has 0 spiro atoms. The van der Waals surface area contributed by atoms with Gasteiger partial charge < -0.3 is 24.4 Å². The Labute approximate surface area is 180 Å². The number of nitrogens with one attached hydrogen (secondary N) is 1. The molecule has 0 saturated heterocycles. The molecule has 8 nitrogen and oxygen atoms in total. The Kier molecular flexibility index (Phi) is 5.63. The number of imidazole rings is 1. The summed E-state index contributed by atoms with van der Waals surface area (Å²) >= 11 is 0. The Bertz CT molecular complexity index is 1310. The van der Waals surface area contributed by atoms with Crippen LogP contribution in [0.3, 0.4) is 0 Å². The van der Waals surface area contributed by atoms with Crippen molar-refractivity contribution in [3.63, 3.8) is 0 Å². The van der Waals surface area contributed by atoms with Crippen LogP contribution < -0.4 is 10.1 Å². The van der Waals surface area contributed by atoms with Crippen LogP contribution in [0.2, 0.25) is 0 Å². The summed E-state index contributed by atoms with van der Waals surface area (Å²) in [7, 11) is 9.63. The number of hydrogen-bond acceptors (Lipinski definition) is 6. The number of anilines is 1. The number of aliphatic hydroxyl groups is 1. The highest BCUT2D eigenvalue weighted by Crippen LogP contribution is 2.35. The van der Waals surface area contributed by atoms with E-state index in [1.807, 2.05) is 28.3 Å². The van der Waals surface area contributed by atoms with Gasteiger partial charge >= 0.3 is 0 Å². The zero-order chi connectivity index (χ0) is 22.1. The minimum absolute atomic E-state index is 0.0325. The van der Waals surface area contributed by atoms with Gasteiger partial charge in [-0.25, -0.2) is 14.4 Å². The fourth-order valence-corrected chi connectivity index (χ4v) is 3.81. The second-order valence-corrected chi connectivity index (χ2v) is 7.33. The number of nitrogens with zero attached hydrogens (tertiary/aromatic N) is 6. The minimum atomic E-state index is -0.481. The number of fused-ring (bicyclic) bond motifs is 3. The van der Waals surface area contributed by atoms with Crippen molar-refractivity contribution in [3.05, 3.63) is 42.0 Å². The Balaban J connectivity index is 2.01. The van der Waals surface area contributed by atoms with E-state index in [9.17, 15) is 9.65 Å². The zero-order valence-corrected chi connectivity index (χ0v) is 17.3. The standard InChI is InChI=1S/C21H21BFN7O/c1-28-12-26-18-19(28)16-10-17(14-7-13(11-24)8-15(23)9-14)30(5-3-25-4-6-31)20(16)27-21(18)29(2)22/h7-10,12,25,31H,3-6H2,1-2H3. The van der Waals surface area contributed by atoms with E-state index in [4.69, 9.17) is 18.1 Å². The number of benzene rings is 1. The lowest BCUT2D eigenvalue weighted by Crippen LogP contribution is -2.23. The van der Waals surface area contributed by atoms with E-state index in [-0.39, 0.29) is 12.2 Å². The minimum Gasteiger partial charge on any atom is -0.411 e. The molecule has 1 aromatic carbocycles. The van der Waals surface area contributed by atoms with Gasteiger partial charge in [0.15, 0.2) is 0 Å². The van der Waals surface area contributed by atoms with Crippen LogP contribution in [0.4, 0.5) is 10.2 Å². The number of nitriles is 1. The highest BCUT2D eigenvalue weighted by molar-refractivity contribution is 6.20. The molecular weight excluding hydrogens is 396 g/mol. The number of rotatable bonds is 7. The van der Waals surface area contributed by atoms with Crippen LogP contribution in [-0.4, -0.2) is 58.9 Å². The van der Waals surface area contributed by atoms with Crippen molar-refractivity contribution in [1.29, 1.82) is 5.26 Å². The summed E-state index contributed by atoms with van der Waals surface area (Å²) in [4.78, 5) is 10.7. The maximum atomic E-state index is 14.2. The summed E-state index contributed by atoms with van der Waals surface area (Å²) in [6.45, 7) is 1.58. The molecule has 3 aromatic heterocycles. The fourth-order valence-electron chi connectivity index (χ4n) is 3.81. The van der Waals surface area contributed by atoms with Crippen molar-refractivity contribution in [1.82, 2.24) is 24.4 Å². The van der Waals surface area contributed by atoms with Gasteiger partial charge in [0, 0.05) is 37.6 Å². The van der Waals surface area contributed by atoms with E-state index >= 15 is 0 Å². The van der Waals surface area contributed by atoms with Gasteiger partial charge in [0.25, 0.3) is 0 Å². The summed E-state index contributed by atoms with van der Waals surface area (Å²) in [5, 5.41) is 22.3. The molecule has 156 valence electrons. The Morgan fingerprint density at radius 1 is 1.29 bits per heavy atom. The molecule has 0 aliphatic heterocycles. The first-order chi connectivity index (χ1) is 14.9. The van der Waals surface area contributed by atoms with Crippen molar-refractivity contribution in [3.8, 4) is 17.3 Å². The lowest BCUT2D eigenvalue weighted by Gasteiger charge is -2.15. The average Bonchev–Trinajstić information content (AvgIpc) is 3.30. The highest BCUT2D eigenvalue weighted by Gasteiger charge is 2.20. The molecular formula is C21H21BFN7O. The van der Waals surface area contributed by atoms with Crippen LogP contribution in [0, 0.1) is 17.1 Å². The van der Waals surface area contributed by atoms with Crippen LogP contribution in [0.5, 0.6) is 0 Å². The fraction of sp³-hybridized carbons (Fsp3) is 0.286.